The molecule has 0 aliphatic heterocycles. The van der Waals surface area contributed by atoms with Gasteiger partial charge in [0, 0.05) is 16.9 Å². The van der Waals surface area contributed by atoms with Crippen molar-refractivity contribution in [2.24, 2.45) is 0 Å². The van der Waals surface area contributed by atoms with Gasteiger partial charge in [0.2, 0.25) is 0 Å². The summed E-state index contributed by atoms with van der Waals surface area (Å²) < 4.78 is 0. The highest BCUT2D eigenvalue weighted by molar-refractivity contribution is 6.04. The average Bonchev–Trinajstić information content (AvgIpc) is 3.37. The summed E-state index contributed by atoms with van der Waals surface area (Å²) in [5, 5.41) is 5.01. The molecule has 0 heterocycles. The van der Waals surface area contributed by atoms with Crippen molar-refractivity contribution in [1.29, 1.82) is 0 Å². The first-order chi connectivity index (χ1) is 31.2. The normalized spacial score (nSPS) is 11.2. The Morgan fingerprint density at radius 1 is 0.222 bits per heavy atom. The minimum atomic E-state index is 1.08. The highest BCUT2D eigenvalue weighted by Gasteiger charge is 2.20. The molecule has 0 bridgehead atoms. The van der Waals surface area contributed by atoms with E-state index in [1.54, 1.807) is 0 Å². The Hall–Kier alpha value is -8.26. The Labute approximate surface area is 369 Å². The maximum absolute atomic E-state index is 2.41. The topological polar surface area (TPSA) is 3.24 Å². The van der Waals surface area contributed by atoms with Crippen LogP contribution in [0.5, 0.6) is 0 Å². The summed E-state index contributed by atoms with van der Waals surface area (Å²) >= 11 is 0. The summed E-state index contributed by atoms with van der Waals surface area (Å²) in [5.74, 6) is 0. The molecule has 0 saturated carbocycles. The van der Waals surface area contributed by atoms with Gasteiger partial charge in [-0.1, -0.05) is 224 Å². The minimum Gasteiger partial charge on any atom is -0.310 e. The number of anilines is 3. The van der Waals surface area contributed by atoms with Crippen LogP contribution in [-0.2, 0) is 0 Å². The van der Waals surface area contributed by atoms with E-state index in [4.69, 9.17) is 0 Å². The molecule has 0 amide bonds. The Bertz CT molecular complexity index is 3330. The predicted molar refractivity (Wildman–Crippen MR) is 269 cm³/mol. The first kappa shape index (κ1) is 37.7. The second kappa shape index (κ2) is 16.7. The smallest absolute Gasteiger partial charge is 0.0540 e. The molecule has 0 spiro atoms. The second-order valence-electron chi connectivity index (χ2n) is 16.1. The van der Waals surface area contributed by atoms with Crippen molar-refractivity contribution in [1.82, 2.24) is 0 Å². The summed E-state index contributed by atoms with van der Waals surface area (Å²) in [6.07, 6.45) is 0. The summed E-state index contributed by atoms with van der Waals surface area (Å²) in [6.45, 7) is 0. The van der Waals surface area contributed by atoms with Crippen LogP contribution < -0.4 is 4.90 Å². The van der Waals surface area contributed by atoms with Gasteiger partial charge in [0.05, 0.1) is 5.69 Å². The molecule has 1 heteroatoms. The van der Waals surface area contributed by atoms with E-state index in [-0.39, 0.29) is 0 Å². The maximum Gasteiger partial charge on any atom is 0.0540 e. The van der Waals surface area contributed by atoms with E-state index in [1.807, 2.05) is 0 Å². The van der Waals surface area contributed by atoms with Gasteiger partial charge < -0.3 is 4.90 Å². The molecule has 0 atom stereocenters. The lowest BCUT2D eigenvalue weighted by molar-refractivity contribution is 1.28. The molecule has 0 aliphatic rings. The molecular weight excluding hydrogens is 759 g/mol. The standard InChI is InChI=1S/C62H43N/c1-4-15-44(16-5-1)53-36-42-61(60(43-53)48-17-6-2-7-18-48)63(54-37-31-46(32-38-54)45-27-29-50(30-28-45)57-26-14-23-47-19-10-12-24-56(47)57)55-39-33-51(34-40-55)59-41-35-49-20-11-13-25-58(49)62(59)52-21-8-3-9-22-52/h1-43H. The monoisotopic (exact) mass is 801 g/mol. The average molecular weight is 802 g/mol. The van der Waals surface area contributed by atoms with Gasteiger partial charge >= 0.3 is 0 Å². The number of hydrogen-bond donors (Lipinski definition) is 0. The van der Waals surface area contributed by atoms with Gasteiger partial charge in [0.15, 0.2) is 0 Å². The predicted octanol–water partition coefficient (Wildman–Crippen LogP) is 17.5. The van der Waals surface area contributed by atoms with Crippen molar-refractivity contribution >= 4 is 38.6 Å². The molecule has 0 fully saturated rings. The van der Waals surface area contributed by atoms with E-state index in [0.717, 1.165) is 22.6 Å². The van der Waals surface area contributed by atoms with Crippen LogP contribution in [0.1, 0.15) is 0 Å². The third kappa shape index (κ3) is 7.37. The van der Waals surface area contributed by atoms with Gasteiger partial charge in [-0.25, -0.2) is 0 Å². The SMILES string of the molecule is c1ccc(-c2ccc(N(c3ccc(-c4ccc(-c5cccc6ccccc56)cc4)cc3)c3ccc(-c4ccc5ccccc5c4-c4ccccc4)cc3)c(-c3ccccc3)c2)cc1. The lowest BCUT2D eigenvalue weighted by Crippen LogP contribution is -2.11. The number of fused-ring (bicyclic) bond motifs is 2. The van der Waals surface area contributed by atoms with E-state index in [2.05, 4.69) is 266 Å². The van der Waals surface area contributed by atoms with Crippen LogP contribution in [0.4, 0.5) is 17.1 Å². The Morgan fingerprint density at radius 3 is 1.30 bits per heavy atom. The van der Waals surface area contributed by atoms with Crippen LogP contribution in [0.15, 0.2) is 261 Å². The highest BCUT2D eigenvalue weighted by atomic mass is 15.1. The summed E-state index contributed by atoms with van der Waals surface area (Å²) in [6, 6.07) is 94.6. The molecule has 0 aliphatic carbocycles. The van der Waals surface area contributed by atoms with Gasteiger partial charge in [-0.05, 0) is 119 Å². The molecule has 0 saturated heterocycles. The zero-order chi connectivity index (χ0) is 42.0. The van der Waals surface area contributed by atoms with Gasteiger partial charge in [-0.2, -0.15) is 0 Å². The molecule has 63 heavy (non-hydrogen) atoms. The molecule has 11 aromatic rings. The molecule has 11 aromatic carbocycles. The van der Waals surface area contributed by atoms with E-state index >= 15 is 0 Å². The van der Waals surface area contributed by atoms with E-state index < -0.39 is 0 Å². The molecule has 0 N–H and O–H groups in total. The minimum absolute atomic E-state index is 1.08. The molecule has 296 valence electrons. The number of hydrogen-bond acceptors (Lipinski definition) is 1. The second-order valence-corrected chi connectivity index (χ2v) is 16.1. The first-order valence-electron chi connectivity index (χ1n) is 21.7. The quantitative estimate of drug-likeness (QED) is 0.141. The molecule has 0 aromatic heterocycles. The van der Waals surface area contributed by atoms with Gasteiger partial charge in [-0.15, -0.1) is 0 Å². The van der Waals surface area contributed by atoms with Crippen molar-refractivity contribution in [2.75, 3.05) is 4.90 Å². The van der Waals surface area contributed by atoms with E-state index in [0.29, 0.717) is 0 Å². The third-order valence-electron chi connectivity index (χ3n) is 12.3. The summed E-state index contributed by atoms with van der Waals surface area (Å²) in [7, 11) is 0. The lowest BCUT2D eigenvalue weighted by Gasteiger charge is -2.29. The first-order valence-corrected chi connectivity index (χ1v) is 21.7. The summed E-state index contributed by atoms with van der Waals surface area (Å²) in [4.78, 5) is 2.41. The van der Waals surface area contributed by atoms with Crippen LogP contribution in [-0.4, -0.2) is 0 Å². The van der Waals surface area contributed by atoms with E-state index in [9.17, 15) is 0 Å². The highest BCUT2D eigenvalue weighted by Crippen LogP contribution is 2.45. The van der Waals surface area contributed by atoms with Crippen LogP contribution in [0.3, 0.4) is 0 Å². The lowest BCUT2D eigenvalue weighted by atomic mass is 9.89. The van der Waals surface area contributed by atoms with Crippen LogP contribution >= 0.6 is 0 Å². The van der Waals surface area contributed by atoms with Crippen molar-refractivity contribution < 1.29 is 0 Å². The maximum atomic E-state index is 2.41. The molecule has 0 radical (unpaired) electrons. The Morgan fingerprint density at radius 2 is 0.651 bits per heavy atom. The number of rotatable bonds is 9. The van der Waals surface area contributed by atoms with Crippen LogP contribution in [0, 0.1) is 0 Å². The van der Waals surface area contributed by atoms with Crippen LogP contribution in [0.25, 0.3) is 88.3 Å². The van der Waals surface area contributed by atoms with Crippen molar-refractivity contribution in [2.45, 2.75) is 0 Å². The largest absolute Gasteiger partial charge is 0.310 e. The van der Waals surface area contributed by atoms with Crippen molar-refractivity contribution in [3.63, 3.8) is 0 Å². The zero-order valence-electron chi connectivity index (χ0n) is 34.8. The summed E-state index contributed by atoms with van der Waals surface area (Å²) in [5.41, 5.74) is 17.6. The molecular formula is C62H43N. The number of benzene rings is 11. The zero-order valence-corrected chi connectivity index (χ0v) is 34.8. The van der Waals surface area contributed by atoms with Gasteiger partial charge in [-0.3, -0.25) is 0 Å². The van der Waals surface area contributed by atoms with Gasteiger partial charge in [0.25, 0.3) is 0 Å². The fraction of sp³-hybridized carbons (Fsp3) is 0. The Balaban J connectivity index is 1.02. The Kier molecular flexibility index (Phi) is 9.97. The third-order valence-corrected chi connectivity index (χ3v) is 12.3. The molecule has 0 unspecified atom stereocenters. The van der Waals surface area contributed by atoms with Crippen LogP contribution in [0.2, 0.25) is 0 Å². The molecule has 1 nitrogen and oxygen atoms in total. The molecule has 11 rings (SSSR count). The van der Waals surface area contributed by atoms with E-state index in [1.165, 1.54) is 82.7 Å². The van der Waals surface area contributed by atoms with Gasteiger partial charge in [0.1, 0.15) is 0 Å². The number of nitrogens with zero attached hydrogens (tertiary/aromatic N) is 1. The fourth-order valence-electron chi connectivity index (χ4n) is 9.16. The van der Waals surface area contributed by atoms with Crippen molar-refractivity contribution in [3.8, 4) is 66.8 Å². The fourth-order valence-corrected chi connectivity index (χ4v) is 9.16. The van der Waals surface area contributed by atoms with Crippen molar-refractivity contribution in [3.05, 3.63) is 261 Å².